The Morgan fingerprint density at radius 3 is 2.19 bits per heavy atom. The fourth-order valence-electron chi connectivity index (χ4n) is 3.06. The van der Waals surface area contributed by atoms with Crippen molar-refractivity contribution in [3.05, 3.63) is 29.8 Å². The summed E-state index contributed by atoms with van der Waals surface area (Å²) in [4.78, 5) is 27.0. The van der Waals surface area contributed by atoms with Gasteiger partial charge in [-0.2, -0.15) is 0 Å². The highest BCUT2D eigenvalue weighted by atomic mass is 28.4. The predicted octanol–water partition coefficient (Wildman–Crippen LogP) is 5.36. The molecule has 0 radical (unpaired) electrons. The van der Waals surface area contributed by atoms with Gasteiger partial charge in [0.05, 0.1) is 13.2 Å². The van der Waals surface area contributed by atoms with Gasteiger partial charge in [0.1, 0.15) is 17.4 Å². The van der Waals surface area contributed by atoms with E-state index in [0.29, 0.717) is 6.42 Å². The molecule has 2 rings (SSSR count). The molecule has 0 unspecified atom stereocenters. The van der Waals surface area contributed by atoms with Crippen LogP contribution in [0.5, 0.6) is 5.75 Å². The zero-order chi connectivity index (χ0) is 24.3. The monoisotopic (exact) mass is 459 g/mol. The van der Waals surface area contributed by atoms with E-state index in [0.717, 1.165) is 16.2 Å². The number of hydrogen-bond donors (Lipinski definition) is 0. The van der Waals surface area contributed by atoms with Crippen LogP contribution in [-0.4, -0.2) is 50.1 Å². The molecular weight excluding hydrogens is 422 g/mol. The number of nitrogens with zero attached hydrogens (tertiary/aromatic N) is 1. The maximum absolute atomic E-state index is 13.0. The van der Waals surface area contributed by atoms with Crippen molar-refractivity contribution in [3.63, 3.8) is 0 Å². The normalized spacial score (nSPS) is 19.8. The van der Waals surface area contributed by atoms with E-state index >= 15 is 0 Å². The smallest absolute Gasteiger partial charge is 0.418 e. The SMILES string of the molecule is COc1ccc(C#C[C@@H]2[C@@H](O[Si](C)(C)C(C)(C)C)CCC(=O)N2C(=O)OC(C)(C)C)cc1. The van der Waals surface area contributed by atoms with Gasteiger partial charge in [-0.05, 0) is 69.6 Å². The molecule has 1 aromatic rings. The molecule has 0 bridgehead atoms. The number of rotatable bonds is 3. The second-order valence-corrected chi connectivity index (χ2v) is 15.4. The van der Waals surface area contributed by atoms with Crippen molar-refractivity contribution in [2.45, 2.75) is 90.3 Å². The first-order valence-corrected chi connectivity index (χ1v) is 13.9. The predicted molar refractivity (Wildman–Crippen MR) is 128 cm³/mol. The summed E-state index contributed by atoms with van der Waals surface area (Å²) >= 11 is 0. The highest BCUT2D eigenvalue weighted by Crippen LogP contribution is 2.39. The molecule has 1 aromatic carbocycles. The van der Waals surface area contributed by atoms with Gasteiger partial charge in [0.2, 0.25) is 5.91 Å². The molecule has 0 spiro atoms. The number of piperidine rings is 1. The van der Waals surface area contributed by atoms with Gasteiger partial charge in [0.15, 0.2) is 8.32 Å². The second-order valence-electron chi connectivity index (χ2n) is 10.6. The zero-order valence-electron chi connectivity index (χ0n) is 20.9. The van der Waals surface area contributed by atoms with E-state index in [9.17, 15) is 9.59 Å². The maximum Gasteiger partial charge on any atom is 0.418 e. The molecule has 7 heteroatoms. The van der Waals surface area contributed by atoms with Gasteiger partial charge in [-0.25, -0.2) is 9.69 Å². The quantitative estimate of drug-likeness (QED) is 0.449. The van der Waals surface area contributed by atoms with E-state index in [1.807, 2.05) is 24.3 Å². The van der Waals surface area contributed by atoms with Crippen LogP contribution in [0, 0.1) is 11.8 Å². The summed E-state index contributed by atoms with van der Waals surface area (Å²) < 4.78 is 17.4. The van der Waals surface area contributed by atoms with Crippen LogP contribution in [0.1, 0.15) is 59.9 Å². The van der Waals surface area contributed by atoms with Crippen LogP contribution in [-0.2, 0) is 14.0 Å². The van der Waals surface area contributed by atoms with Crippen molar-refractivity contribution < 1.29 is 23.5 Å². The van der Waals surface area contributed by atoms with Crippen LogP contribution in [0.15, 0.2) is 24.3 Å². The Balaban J connectivity index is 2.45. The lowest BCUT2D eigenvalue weighted by molar-refractivity contribution is -0.137. The van der Waals surface area contributed by atoms with Crippen molar-refractivity contribution in [3.8, 4) is 17.6 Å². The minimum absolute atomic E-state index is 0.0147. The van der Waals surface area contributed by atoms with Crippen LogP contribution in [0.4, 0.5) is 4.79 Å². The van der Waals surface area contributed by atoms with Crippen molar-refractivity contribution in [1.82, 2.24) is 4.90 Å². The third kappa shape index (κ3) is 6.60. The van der Waals surface area contributed by atoms with E-state index in [4.69, 9.17) is 13.9 Å². The molecule has 1 saturated heterocycles. The second kappa shape index (κ2) is 9.68. The maximum atomic E-state index is 13.0. The molecule has 1 fully saturated rings. The number of ether oxygens (including phenoxy) is 2. The lowest BCUT2D eigenvalue weighted by Crippen LogP contribution is -2.58. The molecule has 0 N–H and O–H groups in total. The number of carbonyl (C=O) groups excluding carboxylic acids is 2. The van der Waals surface area contributed by atoms with E-state index in [2.05, 4.69) is 45.7 Å². The summed E-state index contributed by atoms with van der Waals surface area (Å²) in [6.07, 6.45) is -0.307. The van der Waals surface area contributed by atoms with Gasteiger partial charge in [-0.15, -0.1) is 0 Å². The topological polar surface area (TPSA) is 65.1 Å². The zero-order valence-corrected chi connectivity index (χ0v) is 21.9. The summed E-state index contributed by atoms with van der Waals surface area (Å²) in [5.74, 6) is 6.72. The summed E-state index contributed by atoms with van der Waals surface area (Å²) in [6, 6.07) is 6.62. The number of hydrogen-bond acceptors (Lipinski definition) is 5. The first-order chi connectivity index (χ1) is 14.6. The Kier molecular flexibility index (Phi) is 7.85. The van der Waals surface area contributed by atoms with Crippen LogP contribution in [0.3, 0.4) is 0 Å². The third-order valence-electron chi connectivity index (χ3n) is 5.84. The number of carbonyl (C=O) groups is 2. The number of benzene rings is 1. The molecule has 0 saturated carbocycles. The standard InChI is InChI=1S/C25H37NO5Si/c1-24(2,3)30-23(28)26-20(15-12-18-10-13-19(29-7)14-11-18)21(16-17-22(26)27)31-32(8,9)25(4,5)6/h10-11,13-14,20-21H,16-17H2,1-9H3/t20-,21+/m1/s1. The molecule has 32 heavy (non-hydrogen) atoms. The Labute approximate surface area is 193 Å². The van der Waals surface area contributed by atoms with Gasteiger partial charge in [0.25, 0.3) is 0 Å². The third-order valence-corrected chi connectivity index (χ3v) is 10.3. The van der Waals surface area contributed by atoms with Gasteiger partial charge in [0, 0.05) is 12.0 Å². The largest absolute Gasteiger partial charge is 0.497 e. The van der Waals surface area contributed by atoms with Gasteiger partial charge < -0.3 is 13.9 Å². The van der Waals surface area contributed by atoms with Crippen molar-refractivity contribution >= 4 is 20.3 Å². The first kappa shape index (κ1) is 26.0. The summed E-state index contributed by atoms with van der Waals surface area (Å²) in [5.41, 5.74) is 0.0393. The summed E-state index contributed by atoms with van der Waals surface area (Å²) in [7, 11) is -0.555. The molecule has 0 aromatic heterocycles. The summed E-state index contributed by atoms with van der Waals surface area (Å²) in [5, 5.41) is -0.0147. The van der Waals surface area contributed by atoms with Crippen LogP contribution >= 0.6 is 0 Å². The van der Waals surface area contributed by atoms with Gasteiger partial charge in [-0.3, -0.25) is 4.79 Å². The Hall–Kier alpha value is -2.30. The van der Waals surface area contributed by atoms with E-state index in [1.165, 1.54) is 0 Å². The number of likely N-dealkylation sites (tertiary alicyclic amines) is 1. The van der Waals surface area contributed by atoms with E-state index in [-0.39, 0.29) is 23.5 Å². The van der Waals surface area contributed by atoms with Crippen LogP contribution in [0.2, 0.25) is 18.1 Å². The molecular formula is C25H37NO5Si. The minimum atomic E-state index is -2.16. The lowest BCUT2D eigenvalue weighted by Gasteiger charge is -2.44. The van der Waals surface area contributed by atoms with Gasteiger partial charge >= 0.3 is 6.09 Å². The fraction of sp³-hybridized carbons (Fsp3) is 0.600. The van der Waals surface area contributed by atoms with Gasteiger partial charge in [-0.1, -0.05) is 32.6 Å². The molecule has 0 aliphatic carbocycles. The van der Waals surface area contributed by atoms with Crippen molar-refractivity contribution in [2.75, 3.05) is 7.11 Å². The molecule has 1 heterocycles. The number of imide groups is 1. The van der Waals surface area contributed by atoms with Crippen LogP contribution < -0.4 is 4.74 Å². The molecule has 1 aliphatic heterocycles. The van der Waals surface area contributed by atoms with E-state index in [1.54, 1.807) is 27.9 Å². The molecule has 2 amide bonds. The van der Waals surface area contributed by atoms with Crippen molar-refractivity contribution in [2.24, 2.45) is 0 Å². The molecule has 2 atom stereocenters. The van der Waals surface area contributed by atoms with Crippen LogP contribution in [0.25, 0.3) is 0 Å². The Morgan fingerprint density at radius 2 is 1.69 bits per heavy atom. The molecule has 1 aliphatic rings. The lowest BCUT2D eigenvalue weighted by atomic mass is 9.98. The molecule has 176 valence electrons. The Bertz CT molecular complexity index is 884. The average molecular weight is 460 g/mol. The highest BCUT2D eigenvalue weighted by Gasteiger charge is 2.46. The Morgan fingerprint density at radius 1 is 1.09 bits per heavy atom. The first-order valence-electron chi connectivity index (χ1n) is 11.0. The van der Waals surface area contributed by atoms with Crippen molar-refractivity contribution in [1.29, 1.82) is 0 Å². The minimum Gasteiger partial charge on any atom is -0.497 e. The summed E-state index contributed by atoms with van der Waals surface area (Å²) in [6.45, 7) is 16.2. The highest BCUT2D eigenvalue weighted by molar-refractivity contribution is 6.74. The average Bonchev–Trinajstić information content (AvgIpc) is 2.65. The number of amides is 2. The van der Waals surface area contributed by atoms with E-state index < -0.39 is 26.1 Å². The molecule has 6 nitrogen and oxygen atoms in total. The fourth-order valence-corrected chi connectivity index (χ4v) is 4.42. The number of methoxy groups -OCH3 is 1.